The van der Waals surface area contributed by atoms with Crippen LogP contribution >= 0.6 is 0 Å². The molecular formula is C14H14KNO6S2. The van der Waals surface area contributed by atoms with E-state index in [2.05, 4.69) is 5.32 Å². The molecule has 0 saturated carbocycles. The third kappa shape index (κ3) is 6.45. The molecule has 0 bridgehead atoms. The Hall–Kier alpha value is -0.464. The van der Waals surface area contributed by atoms with Crippen LogP contribution in [-0.2, 0) is 20.0 Å². The maximum absolute atomic E-state index is 11.5. The number of ether oxygens (including phenoxy) is 1. The summed E-state index contributed by atoms with van der Waals surface area (Å²) in [5, 5.41) is 2.85. The molecule has 0 fully saturated rings. The quantitative estimate of drug-likeness (QED) is 0.358. The van der Waals surface area contributed by atoms with Gasteiger partial charge in [-0.2, -0.15) is 0 Å². The fraction of sp³-hybridized carbons (Fsp3) is 0.143. The van der Waals surface area contributed by atoms with E-state index >= 15 is 0 Å². The summed E-state index contributed by atoms with van der Waals surface area (Å²) in [7, 11) is -7.85. The van der Waals surface area contributed by atoms with Crippen molar-refractivity contribution < 1.29 is 77.5 Å². The molecule has 1 N–H and O–H groups in total. The van der Waals surface area contributed by atoms with Crippen LogP contribution in [-0.4, -0.2) is 34.4 Å². The van der Waals surface area contributed by atoms with E-state index in [4.69, 9.17) is 4.74 Å². The monoisotopic (exact) mass is 395 g/mol. The maximum Gasteiger partial charge on any atom is 1.00 e. The normalized spacial score (nSPS) is 11.4. The largest absolute Gasteiger partial charge is 1.00 e. The molecule has 124 valence electrons. The first-order valence-corrected chi connectivity index (χ1v) is 9.69. The van der Waals surface area contributed by atoms with Gasteiger partial charge < -0.3 is 14.6 Å². The Morgan fingerprint density at radius 1 is 1.00 bits per heavy atom. The predicted octanol–water partition coefficient (Wildman–Crippen LogP) is -1.55. The van der Waals surface area contributed by atoms with Gasteiger partial charge in [0.25, 0.3) is 0 Å². The zero-order valence-corrected chi connectivity index (χ0v) is 17.8. The Labute approximate surface area is 183 Å². The summed E-state index contributed by atoms with van der Waals surface area (Å²) in [6.45, 7) is -0.0322. The van der Waals surface area contributed by atoms with E-state index in [-0.39, 0.29) is 73.7 Å². The first-order chi connectivity index (χ1) is 10.7. The van der Waals surface area contributed by atoms with Crippen molar-refractivity contribution in [3.8, 4) is 5.75 Å². The van der Waals surface area contributed by atoms with E-state index in [0.29, 0.717) is 5.69 Å². The third-order valence-corrected chi connectivity index (χ3v) is 4.81. The number of hydrogen-bond acceptors (Lipinski definition) is 7. The summed E-state index contributed by atoms with van der Waals surface area (Å²) in [5.41, 5.74) is 0.528. The summed E-state index contributed by atoms with van der Waals surface area (Å²) in [6, 6.07) is 11.4. The molecule has 7 nitrogen and oxygen atoms in total. The standard InChI is InChI=1S/C14H15NO6S2.K/c1-22(16,17)13-6-2-4-11(8-13)15-10-21-12-5-3-7-14(9-12)23(18,19)20;/h2-9,15H,10H2,1H3,(H,18,19,20);/q;+1/p-1. The summed E-state index contributed by atoms with van der Waals surface area (Å²) >= 11 is 0. The minimum Gasteiger partial charge on any atom is -0.744 e. The number of anilines is 1. The fourth-order valence-electron chi connectivity index (χ4n) is 1.76. The van der Waals surface area contributed by atoms with Gasteiger partial charge >= 0.3 is 51.4 Å². The summed E-state index contributed by atoms with van der Waals surface area (Å²) in [4.78, 5) is -0.212. The Morgan fingerprint density at radius 3 is 2.25 bits per heavy atom. The van der Waals surface area contributed by atoms with Gasteiger partial charge in [-0.3, -0.25) is 0 Å². The number of sulfone groups is 1. The second-order valence-electron chi connectivity index (χ2n) is 4.69. The number of nitrogens with one attached hydrogen (secondary N) is 1. The number of benzene rings is 2. The predicted molar refractivity (Wildman–Crippen MR) is 83.1 cm³/mol. The fourth-order valence-corrected chi connectivity index (χ4v) is 2.93. The van der Waals surface area contributed by atoms with Gasteiger partial charge in [-0.1, -0.05) is 12.1 Å². The molecule has 2 aromatic rings. The van der Waals surface area contributed by atoms with E-state index < -0.39 is 20.0 Å². The van der Waals surface area contributed by atoms with Crippen molar-refractivity contribution in [3.63, 3.8) is 0 Å². The summed E-state index contributed by atoms with van der Waals surface area (Å²) in [6.07, 6.45) is 1.11. The average Bonchev–Trinajstić information content (AvgIpc) is 2.46. The Morgan fingerprint density at radius 2 is 1.62 bits per heavy atom. The molecule has 0 aromatic heterocycles. The van der Waals surface area contributed by atoms with Crippen molar-refractivity contribution in [1.29, 1.82) is 0 Å². The van der Waals surface area contributed by atoms with Gasteiger partial charge in [0.15, 0.2) is 16.6 Å². The molecule has 2 aromatic carbocycles. The zero-order chi connectivity index (χ0) is 17.1. The smallest absolute Gasteiger partial charge is 0.744 e. The van der Waals surface area contributed by atoms with E-state index in [1.165, 1.54) is 30.3 Å². The molecule has 0 atom stereocenters. The van der Waals surface area contributed by atoms with Crippen LogP contribution in [0.4, 0.5) is 5.69 Å². The molecule has 0 unspecified atom stereocenters. The third-order valence-electron chi connectivity index (χ3n) is 2.87. The van der Waals surface area contributed by atoms with Crippen LogP contribution in [0.1, 0.15) is 0 Å². The summed E-state index contributed by atoms with van der Waals surface area (Å²) in [5.74, 6) is 0.202. The minimum atomic E-state index is -4.54. The first-order valence-electron chi connectivity index (χ1n) is 6.39. The molecule has 0 radical (unpaired) electrons. The van der Waals surface area contributed by atoms with Crippen molar-refractivity contribution in [2.75, 3.05) is 18.3 Å². The van der Waals surface area contributed by atoms with Crippen LogP contribution in [0, 0.1) is 0 Å². The molecule has 0 heterocycles. The molecule has 0 amide bonds. The average molecular weight is 395 g/mol. The zero-order valence-electron chi connectivity index (χ0n) is 13.1. The second kappa shape index (κ2) is 8.76. The SMILES string of the molecule is CS(=O)(=O)c1cccc(NCOc2cccc(S(=O)(=O)[O-])c2)c1.[K+]. The van der Waals surface area contributed by atoms with Gasteiger partial charge in [0.2, 0.25) is 0 Å². The molecule has 0 spiro atoms. The topological polar surface area (TPSA) is 113 Å². The first kappa shape index (κ1) is 21.6. The van der Waals surface area contributed by atoms with Gasteiger partial charge in [0, 0.05) is 11.9 Å². The molecule has 0 aliphatic carbocycles. The summed E-state index contributed by atoms with van der Waals surface area (Å²) < 4.78 is 61.0. The molecule has 0 aliphatic heterocycles. The van der Waals surface area contributed by atoms with Gasteiger partial charge in [-0.05, 0) is 36.4 Å². The van der Waals surface area contributed by atoms with Crippen LogP contribution < -0.4 is 61.4 Å². The van der Waals surface area contributed by atoms with Crippen molar-refractivity contribution >= 4 is 25.6 Å². The minimum absolute atomic E-state index is 0. The number of rotatable bonds is 6. The van der Waals surface area contributed by atoms with Crippen molar-refractivity contribution in [2.24, 2.45) is 0 Å². The van der Waals surface area contributed by atoms with E-state index in [1.807, 2.05) is 0 Å². The second-order valence-corrected chi connectivity index (χ2v) is 8.09. The van der Waals surface area contributed by atoms with Gasteiger partial charge in [0.1, 0.15) is 15.9 Å². The van der Waals surface area contributed by atoms with Crippen molar-refractivity contribution in [1.82, 2.24) is 0 Å². The van der Waals surface area contributed by atoms with E-state index in [1.54, 1.807) is 12.1 Å². The number of hydrogen-bond donors (Lipinski definition) is 1. The molecule has 24 heavy (non-hydrogen) atoms. The van der Waals surface area contributed by atoms with Crippen molar-refractivity contribution in [2.45, 2.75) is 9.79 Å². The van der Waals surface area contributed by atoms with E-state index in [0.717, 1.165) is 12.3 Å². The molecule has 0 aliphatic rings. The van der Waals surface area contributed by atoms with Gasteiger partial charge in [-0.25, -0.2) is 16.8 Å². The molecular weight excluding hydrogens is 381 g/mol. The molecule has 10 heteroatoms. The molecule has 2 rings (SSSR count). The van der Waals surface area contributed by atoms with Gasteiger partial charge in [-0.15, -0.1) is 0 Å². The van der Waals surface area contributed by atoms with Crippen LogP contribution in [0.5, 0.6) is 5.75 Å². The Bertz CT molecular complexity index is 837. The van der Waals surface area contributed by atoms with Crippen LogP contribution in [0.25, 0.3) is 0 Å². The Balaban J connectivity index is 0.00000288. The van der Waals surface area contributed by atoms with Crippen LogP contribution in [0.15, 0.2) is 58.3 Å². The van der Waals surface area contributed by atoms with Crippen LogP contribution in [0.3, 0.4) is 0 Å². The van der Waals surface area contributed by atoms with Gasteiger partial charge in [0.05, 0.1) is 9.79 Å². The van der Waals surface area contributed by atoms with E-state index in [9.17, 15) is 21.4 Å². The van der Waals surface area contributed by atoms with Crippen molar-refractivity contribution in [3.05, 3.63) is 48.5 Å². The molecule has 0 saturated heterocycles. The van der Waals surface area contributed by atoms with Crippen LogP contribution in [0.2, 0.25) is 0 Å². The maximum atomic E-state index is 11.5. The Kier molecular flexibility index (Phi) is 7.88.